The highest BCUT2D eigenvalue weighted by atomic mass is 16.4. The molecule has 0 aliphatic carbocycles. The molecule has 9 nitrogen and oxygen atoms in total. The van der Waals surface area contributed by atoms with Crippen molar-refractivity contribution >= 4 is 29.8 Å². The molecule has 0 saturated carbocycles. The van der Waals surface area contributed by atoms with E-state index in [1.165, 1.54) is 0 Å². The molecule has 0 radical (unpaired) electrons. The summed E-state index contributed by atoms with van der Waals surface area (Å²) >= 11 is 0. The molecule has 1 heterocycles. The Kier molecular flexibility index (Phi) is 3.45. The van der Waals surface area contributed by atoms with Crippen LogP contribution in [0.5, 0.6) is 0 Å². The molecule has 1 saturated heterocycles. The number of carboxylic acids is 2. The van der Waals surface area contributed by atoms with Crippen LogP contribution >= 0.6 is 0 Å². The average Bonchev–Trinajstić information content (AvgIpc) is 2.27. The molecule has 96 valence electrons. The number of aliphatic carboxylic acids is 2. The number of urea groups is 1. The third-order valence-corrected chi connectivity index (χ3v) is 2.06. The lowest BCUT2D eigenvalue weighted by atomic mass is 10.2. The van der Waals surface area contributed by atoms with Gasteiger partial charge in [-0.05, 0) is 0 Å². The number of imide groups is 2. The maximum absolute atomic E-state index is 11.6. The van der Waals surface area contributed by atoms with E-state index in [2.05, 4.69) is 6.58 Å². The zero-order valence-electron chi connectivity index (χ0n) is 8.95. The van der Waals surface area contributed by atoms with Gasteiger partial charge in [-0.2, -0.15) is 0 Å². The average molecular weight is 256 g/mol. The van der Waals surface area contributed by atoms with E-state index in [1.807, 2.05) is 0 Å². The van der Waals surface area contributed by atoms with Crippen LogP contribution in [-0.4, -0.2) is 62.9 Å². The van der Waals surface area contributed by atoms with Gasteiger partial charge in [-0.25, -0.2) is 14.6 Å². The molecule has 0 aromatic carbocycles. The lowest BCUT2D eigenvalue weighted by molar-refractivity contribution is -0.147. The number of carboxylic acid groups (broad SMARTS) is 2. The highest BCUT2D eigenvalue weighted by molar-refractivity contribution is 6.29. The highest BCUT2D eigenvalue weighted by Gasteiger charge is 2.42. The van der Waals surface area contributed by atoms with Crippen molar-refractivity contribution in [3.63, 3.8) is 0 Å². The highest BCUT2D eigenvalue weighted by Crippen LogP contribution is 2.15. The first-order valence-corrected chi connectivity index (χ1v) is 4.56. The van der Waals surface area contributed by atoms with Crippen LogP contribution in [-0.2, 0) is 19.2 Å². The molecule has 4 amide bonds. The molecular formula is C9H8N2O7. The summed E-state index contributed by atoms with van der Waals surface area (Å²) in [7, 11) is 0. The summed E-state index contributed by atoms with van der Waals surface area (Å²) in [5, 5.41) is 17.1. The van der Waals surface area contributed by atoms with Crippen molar-refractivity contribution in [1.29, 1.82) is 0 Å². The van der Waals surface area contributed by atoms with E-state index in [1.54, 1.807) is 0 Å². The number of barbiturate groups is 1. The van der Waals surface area contributed by atoms with Gasteiger partial charge in [0.15, 0.2) is 0 Å². The van der Waals surface area contributed by atoms with Crippen molar-refractivity contribution in [3.05, 3.63) is 12.2 Å². The number of carbonyl (C=O) groups excluding carboxylic acids is 3. The van der Waals surface area contributed by atoms with E-state index in [0.717, 1.165) is 0 Å². The van der Waals surface area contributed by atoms with Crippen LogP contribution < -0.4 is 0 Å². The van der Waals surface area contributed by atoms with Crippen molar-refractivity contribution < 1.29 is 34.2 Å². The van der Waals surface area contributed by atoms with Gasteiger partial charge in [0.1, 0.15) is 13.1 Å². The molecule has 0 aromatic heterocycles. The van der Waals surface area contributed by atoms with Gasteiger partial charge >= 0.3 is 18.0 Å². The number of rotatable bonds is 4. The topological polar surface area (TPSA) is 132 Å². The van der Waals surface area contributed by atoms with Gasteiger partial charge in [-0.15, -0.1) is 0 Å². The first-order valence-electron chi connectivity index (χ1n) is 4.56. The summed E-state index contributed by atoms with van der Waals surface area (Å²) in [6, 6.07) is -1.29. The lowest BCUT2D eigenvalue weighted by Crippen LogP contribution is -2.58. The molecule has 1 aliphatic rings. The van der Waals surface area contributed by atoms with Gasteiger partial charge in [0, 0.05) is 0 Å². The summed E-state index contributed by atoms with van der Waals surface area (Å²) < 4.78 is 0. The fourth-order valence-electron chi connectivity index (χ4n) is 1.29. The van der Waals surface area contributed by atoms with E-state index in [4.69, 9.17) is 10.2 Å². The molecule has 0 spiro atoms. The van der Waals surface area contributed by atoms with Crippen LogP contribution in [0.15, 0.2) is 12.2 Å². The second kappa shape index (κ2) is 4.65. The van der Waals surface area contributed by atoms with E-state index in [0.29, 0.717) is 0 Å². The maximum atomic E-state index is 11.6. The summed E-state index contributed by atoms with van der Waals surface area (Å²) in [6.07, 6.45) is 0. The Balaban J connectivity index is 3.07. The van der Waals surface area contributed by atoms with Gasteiger partial charge < -0.3 is 10.2 Å². The molecule has 9 heteroatoms. The summed E-state index contributed by atoms with van der Waals surface area (Å²) in [5.74, 6) is -5.24. The minimum absolute atomic E-state index is 0.245. The van der Waals surface area contributed by atoms with Gasteiger partial charge in [0.25, 0.3) is 11.8 Å². The minimum atomic E-state index is -1.48. The second-order valence-corrected chi connectivity index (χ2v) is 3.33. The predicted molar refractivity (Wildman–Crippen MR) is 53.2 cm³/mol. The van der Waals surface area contributed by atoms with Crippen LogP contribution in [0.4, 0.5) is 4.79 Å². The van der Waals surface area contributed by atoms with Crippen molar-refractivity contribution in [2.75, 3.05) is 13.1 Å². The van der Waals surface area contributed by atoms with Crippen LogP contribution in [0.2, 0.25) is 0 Å². The fraction of sp³-hybridized carbons (Fsp3) is 0.222. The van der Waals surface area contributed by atoms with Crippen LogP contribution in [0.3, 0.4) is 0 Å². The molecule has 2 N–H and O–H groups in total. The van der Waals surface area contributed by atoms with Gasteiger partial charge in [-0.3, -0.25) is 19.2 Å². The van der Waals surface area contributed by atoms with Crippen LogP contribution in [0.25, 0.3) is 0 Å². The van der Waals surface area contributed by atoms with E-state index >= 15 is 0 Å². The number of nitrogens with zero attached hydrogens (tertiary/aromatic N) is 2. The molecule has 0 atom stereocenters. The number of carbonyl (C=O) groups is 5. The molecule has 0 aromatic rings. The van der Waals surface area contributed by atoms with E-state index < -0.39 is 48.4 Å². The van der Waals surface area contributed by atoms with Crippen molar-refractivity contribution in [3.8, 4) is 0 Å². The number of amides is 4. The fourth-order valence-corrected chi connectivity index (χ4v) is 1.29. The lowest BCUT2D eigenvalue weighted by Gasteiger charge is -2.31. The Morgan fingerprint density at radius 2 is 1.28 bits per heavy atom. The summed E-state index contributed by atoms with van der Waals surface area (Å²) in [4.78, 5) is 56.0. The van der Waals surface area contributed by atoms with Gasteiger partial charge in [0.05, 0.1) is 5.57 Å². The second-order valence-electron chi connectivity index (χ2n) is 3.33. The Labute approximate surface area is 99.9 Å². The summed E-state index contributed by atoms with van der Waals surface area (Å²) in [6.45, 7) is 1.16. The maximum Gasteiger partial charge on any atom is 0.335 e. The predicted octanol–water partition coefficient (Wildman–Crippen LogP) is -1.50. The van der Waals surface area contributed by atoms with E-state index in [-0.39, 0.29) is 9.80 Å². The SMILES string of the molecule is C=C1C(=O)N(CC(=O)O)C(=O)N(CC(=O)O)C1=O. The molecule has 0 unspecified atom stereocenters. The van der Waals surface area contributed by atoms with Gasteiger partial charge in [0.2, 0.25) is 0 Å². The molecule has 1 fully saturated rings. The molecule has 18 heavy (non-hydrogen) atoms. The normalized spacial score (nSPS) is 16.2. The Hall–Kier alpha value is -2.71. The quantitative estimate of drug-likeness (QED) is 0.462. The number of hydrogen-bond acceptors (Lipinski definition) is 5. The van der Waals surface area contributed by atoms with Gasteiger partial charge in [-0.1, -0.05) is 6.58 Å². The zero-order chi connectivity index (χ0) is 14.0. The van der Waals surface area contributed by atoms with E-state index in [9.17, 15) is 24.0 Å². The standard InChI is InChI=1S/C9H8N2O7/c1-4-7(16)10(2-5(12)13)9(18)11(8(4)17)3-6(14)15/h1-3H2,(H,12,13)(H,14,15). The molecule has 1 aliphatic heterocycles. The third kappa shape index (κ3) is 2.34. The minimum Gasteiger partial charge on any atom is -0.480 e. The molecular weight excluding hydrogens is 248 g/mol. The van der Waals surface area contributed by atoms with Crippen molar-refractivity contribution in [2.24, 2.45) is 0 Å². The van der Waals surface area contributed by atoms with Crippen LogP contribution in [0, 0.1) is 0 Å². The Morgan fingerprint density at radius 1 is 0.944 bits per heavy atom. The van der Waals surface area contributed by atoms with Crippen molar-refractivity contribution in [2.45, 2.75) is 0 Å². The first-order chi connectivity index (χ1) is 8.25. The monoisotopic (exact) mass is 256 g/mol. The largest absolute Gasteiger partial charge is 0.480 e. The zero-order valence-corrected chi connectivity index (χ0v) is 8.95. The smallest absolute Gasteiger partial charge is 0.335 e. The first kappa shape index (κ1) is 13.4. The number of hydrogen-bond donors (Lipinski definition) is 2. The van der Waals surface area contributed by atoms with Crippen LogP contribution in [0.1, 0.15) is 0 Å². The molecule has 0 bridgehead atoms. The Morgan fingerprint density at radius 3 is 1.56 bits per heavy atom. The summed E-state index contributed by atoms with van der Waals surface area (Å²) in [5.41, 5.74) is -0.655. The molecule has 1 rings (SSSR count). The third-order valence-electron chi connectivity index (χ3n) is 2.06. The Bertz CT molecular complexity index is 441. The van der Waals surface area contributed by atoms with Crippen molar-refractivity contribution in [1.82, 2.24) is 9.80 Å².